The number of nitrogens with two attached hydrogens (primary N) is 1. The number of ether oxygens (including phenoxy) is 1. The number of hydrazine groups is 1. The Morgan fingerprint density at radius 1 is 1.16 bits per heavy atom. The summed E-state index contributed by atoms with van der Waals surface area (Å²) < 4.78 is 5.24. The summed E-state index contributed by atoms with van der Waals surface area (Å²) in [6, 6.07) is 0.265. The lowest BCUT2D eigenvalue weighted by Crippen LogP contribution is -2.16. The maximum absolute atomic E-state index is 5.30. The zero-order chi connectivity index (χ0) is 14.1. The molecule has 108 valence electrons. The summed E-state index contributed by atoms with van der Waals surface area (Å²) in [7, 11) is 4.12. The molecule has 0 saturated carbocycles. The molecule has 0 fully saturated rings. The number of nitrogen functional groups attached to an aromatic ring is 1. The molecule has 0 atom stereocenters. The lowest BCUT2D eigenvalue weighted by molar-refractivity contribution is 0.312. The van der Waals surface area contributed by atoms with Crippen LogP contribution in [-0.4, -0.2) is 53.6 Å². The van der Waals surface area contributed by atoms with Crippen LogP contribution in [-0.2, 0) is 0 Å². The van der Waals surface area contributed by atoms with Crippen molar-refractivity contribution in [2.24, 2.45) is 5.84 Å². The molecule has 0 aliphatic rings. The van der Waals surface area contributed by atoms with Gasteiger partial charge >= 0.3 is 6.01 Å². The van der Waals surface area contributed by atoms with Crippen LogP contribution < -0.4 is 21.3 Å². The largest absolute Gasteiger partial charge is 0.464 e. The highest BCUT2D eigenvalue weighted by molar-refractivity contribution is 5.34. The van der Waals surface area contributed by atoms with E-state index in [4.69, 9.17) is 10.6 Å². The molecular formula is C11H23N7O. The maximum Gasteiger partial charge on any atom is 0.323 e. The first-order chi connectivity index (χ1) is 9.15. The van der Waals surface area contributed by atoms with Crippen molar-refractivity contribution in [3.63, 3.8) is 0 Å². The summed E-state index contributed by atoms with van der Waals surface area (Å²) in [5.74, 6) is 6.06. The van der Waals surface area contributed by atoms with E-state index in [1.54, 1.807) is 0 Å². The number of hydrogen-bond acceptors (Lipinski definition) is 8. The van der Waals surface area contributed by atoms with Crippen molar-refractivity contribution in [3.05, 3.63) is 0 Å². The fourth-order valence-electron chi connectivity index (χ4n) is 1.45. The van der Waals surface area contributed by atoms with Gasteiger partial charge in [-0.05, 0) is 40.4 Å². The summed E-state index contributed by atoms with van der Waals surface area (Å²) in [6.45, 7) is 4.23. The van der Waals surface area contributed by atoms with Crippen LogP contribution >= 0.6 is 0 Å². The molecular weight excluding hydrogens is 246 g/mol. The SMILES string of the molecule is CCOc1nc(NN)nc(NCCCCN(C)C)n1. The standard InChI is InChI=1S/C11H23N7O/c1-4-19-11-15-9(14-10(16-11)17-12)13-7-5-6-8-18(2)3/h4-8,12H2,1-3H3,(H2,13,14,15,16,17). The quantitative estimate of drug-likeness (QED) is 0.334. The second kappa shape index (κ2) is 8.44. The summed E-state index contributed by atoms with van der Waals surface area (Å²) in [4.78, 5) is 14.4. The lowest BCUT2D eigenvalue weighted by Gasteiger charge is -2.10. The van der Waals surface area contributed by atoms with E-state index in [0.717, 1.165) is 25.9 Å². The van der Waals surface area contributed by atoms with Crippen molar-refractivity contribution in [1.29, 1.82) is 0 Å². The molecule has 0 saturated heterocycles. The van der Waals surface area contributed by atoms with Gasteiger partial charge in [-0.15, -0.1) is 0 Å². The number of nitrogens with zero attached hydrogens (tertiary/aromatic N) is 4. The van der Waals surface area contributed by atoms with Gasteiger partial charge in [-0.1, -0.05) is 0 Å². The fourth-order valence-corrected chi connectivity index (χ4v) is 1.45. The molecule has 0 aromatic carbocycles. The Balaban J connectivity index is 2.45. The van der Waals surface area contributed by atoms with Crippen LogP contribution in [0.2, 0.25) is 0 Å². The zero-order valence-electron chi connectivity index (χ0n) is 11.8. The Bertz CT molecular complexity index is 372. The fraction of sp³-hybridized carbons (Fsp3) is 0.727. The number of rotatable bonds is 9. The van der Waals surface area contributed by atoms with Gasteiger partial charge in [-0.25, -0.2) is 5.84 Å². The van der Waals surface area contributed by atoms with Crippen LogP contribution in [0.1, 0.15) is 19.8 Å². The van der Waals surface area contributed by atoms with Gasteiger partial charge in [0.2, 0.25) is 11.9 Å². The molecule has 0 aliphatic heterocycles. The highest BCUT2D eigenvalue weighted by Crippen LogP contribution is 2.10. The van der Waals surface area contributed by atoms with E-state index in [1.165, 1.54) is 0 Å². The van der Waals surface area contributed by atoms with E-state index in [2.05, 4.69) is 44.7 Å². The predicted octanol–water partition coefficient (Wildman–Crippen LogP) is 0.310. The van der Waals surface area contributed by atoms with Gasteiger partial charge in [0.15, 0.2) is 0 Å². The zero-order valence-corrected chi connectivity index (χ0v) is 11.8. The smallest absolute Gasteiger partial charge is 0.323 e. The lowest BCUT2D eigenvalue weighted by atomic mass is 10.3. The summed E-state index contributed by atoms with van der Waals surface area (Å²) in [5, 5.41) is 3.14. The van der Waals surface area contributed by atoms with Gasteiger partial charge in [0.1, 0.15) is 0 Å². The predicted molar refractivity (Wildman–Crippen MR) is 75.1 cm³/mol. The van der Waals surface area contributed by atoms with Gasteiger partial charge in [-0.2, -0.15) is 15.0 Å². The van der Waals surface area contributed by atoms with Crippen LogP contribution in [0, 0.1) is 0 Å². The van der Waals surface area contributed by atoms with Gasteiger partial charge in [0.05, 0.1) is 6.61 Å². The molecule has 0 bridgehead atoms. The molecule has 1 aromatic heterocycles. The first kappa shape index (κ1) is 15.4. The van der Waals surface area contributed by atoms with Crippen molar-refractivity contribution in [1.82, 2.24) is 19.9 Å². The number of unbranched alkanes of at least 4 members (excludes halogenated alkanes) is 1. The highest BCUT2D eigenvalue weighted by atomic mass is 16.5. The van der Waals surface area contributed by atoms with Crippen LogP contribution in [0.25, 0.3) is 0 Å². The third kappa shape index (κ3) is 6.16. The van der Waals surface area contributed by atoms with E-state index in [0.29, 0.717) is 12.6 Å². The van der Waals surface area contributed by atoms with Gasteiger partial charge < -0.3 is 15.0 Å². The van der Waals surface area contributed by atoms with Gasteiger partial charge in [0.25, 0.3) is 0 Å². The summed E-state index contributed by atoms with van der Waals surface area (Å²) in [6.07, 6.45) is 2.16. The van der Waals surface area contributed by atoms with Gasteiger partial charge in [-0.3, -0.25) is 5.43 Å². The third-order valence-electron chi connectivity index (χ3n) is 2.33. The molecule has 0 aliphatic carbocycles. The number of nitrogens with one attached hydrogen (secondary N) is 2. The molecule has 0 spiro atoms. The van der Waals surface area contributed by atoms with Crippen molar-refractivity contribution in [2.75, 3.05) is 44.5 Å². The van der Waals surface area contributed by atoms with E-state index >= 15 is 0 Å². The Hall–Kier alpha value is -1.67. The first-order valence-electron chi connectivity index (χ1n) is 6.39. The third-order valence-corrected chi connectivity index (χ3v) is 2.33. The molecule has 8 nitrogen and oxygen atoms in total. The van der Waals surface area contributed by atoms with Crippen molar-refractivity contribution in [2.45, 2.75) is 19.8 Å². The van der Waals surface area contributed by atoms with Crippen LogP contribution in [0.3, 0.4) is 0 Å². The van der Waals surface area contributed by atoms with Crippen LogP contribution in [0.4, 0.5) is 11.9 Å². The van der Waals surface area contributed by atoms with E-state index in [-0.39, 0.29) is 12.0 Å². The molecule has 4 N–H and O–H groups in total. The number of anilines is 2. The van der Waals surface area contributed by atoms with Crippen LogP contribution in [0.15, 0.2) is 0 Å². The normalized spacial score (nSPS) is 10.6. The minimum atomic E-state index is 0.265. The Morgan fingerprint density at radius 3 is 2.53 bits per heavy atom. The monoisotopic (exact) mass is 269 g/mol. The molecule has 0 unspecified atom stereocenters. The van der Waals surface area contributed by atoms with E-state index in [9.17, 15) is 0 Å². The Morgan fingerprint density at radius 2 is 1.89 bits per heavy atom. The van der Waals surface area contributed by atoms with Gasteiger partial charge in [0, 0.05) is 6.54 Å². The minimum Gasteiger partial charge on any atom is -0.464 e. The molecule has 0 amide bonds. The van der Waals surface area contributed by atoms with E-state index in [1.807, 2.05) is 6.92 Å². The Kier molecular flexibility index (Phi) is 6.83. The summed E-state index contributed by atoms with van der Waals surface area (Å²) >= 11 is 0. The maximum atomic E-state index is 5.30. The van der Waals surface area contributed by atoms with Crippen molar-refractivity contribution in [3.8, 4) is 6.01 Å². The molecule has 0 radical (unpaired) electrons. The molecule has 1 rings (SSSR count). The highest BCUT2D eigenvalue weighted by Gasteiger charge is 2.05. The van der Waals surface area contributed by atoms with E-state index < -0.39 is 0 Å². The van der Waals surface area contributed by atoms with Crippen LogP contribution in [0.5, 0.6) is 6.01 Å². The second-order valence-electron chi connectivity index (χ2n) is 4.28. The van der Waals surface area contributed by atoms with Crippen molar-refractivity contribution >= 4 is 11.9 Å². The second-order valence-corrected chi connectivity index (χ2v) is 4.28. The number of hydrogen-bond donors (Lipinski definition) is 3. The summed E-state index contributed by atoms with van der Waals surface area (Å²) in [5.41, 5.74) is 2.39. The average Bonchev–Trinajstić information content (AvgIpc) is 2.38. The molecule has 8 heteroatoms. The van der Waals surface area contributed by atoms with Crippen molar-refractivity contribution < 1.29 is 4.74 Å². The topological polar surface area (TPSA) is 101 Å². The minimum absolute atomic E-state index is 0.265. The number of aromatic nitrogens is 3. The molecule has 1 aromatic rings. The Labute approximate surface area is 113 Å². The average molecular weight is 269 g/mol. The molecule has 19 heavy (non-hydrogen) atoms. The molecule has 1 heterocycles. The first-order valence-corrected chi connectivity index (χ1v) is 6.39.